The molecule has 1 rings (SSSR count). The first kappa shape index (κ1) is 12.2. The first-order valence-electron chi connectivity index (χ1n) is 4.07. The van der Waals surface area contributed by atoms with E-state index in [1.165, 1.54) is 0 Å². The van der Waals surface area contributed by atoms with E-state index in [9.17, 15) is 20.2 Å². The molecule has 0 spiro atoms. The molecule has 1 aromatic carbocycles. The molecule has 0 aliphatic carbocycles. The number of methoxy groups -OCH3 is 1. The SMILES string of the molecule is COc1ccc(N=[N+]=[N-])c([N+](=O)[O-])c1[N+](=O)[O-]. The quantitative estimate of drug-likeness (QED) is 0.260. The van der Waals surface area contributed by atoms with Crippen LogP contribution in [0, 0.1) is 20.2 Å². The van der Waals surface area contributed by atoms with Gasteiger partial charge in [-0.1, -0.05) is 5.11 Å². The summed E-state index contributed by atoms with van der Waals surface area (Å²) in [6, 6.07) is 2.19. The zero-order chi connectivity index (χ0) is 13.0. The Hall–Kier alpha value is -2.87. The topological polar surface area (TPSA) is 144 Å². The van der Waals surface area contributed by atoms with Crippen LogP contribution in [0.4, 0.5) is 17.1 Å². The zero-order valence-electron chi connectivity index (χ0n) is 8.43. The summed E-state index contributed by atoms with van der Waals surface area (Å²) in [5.74, 6) is -0.279. The maximum absolute atomic E-state index is 10.8. The van der Waals surface area contributed by atoms with Crippen molar-refractivity contribution in [2.75, 3.05) is 7.11 Å². The number of ether oxygens (including phenoxy) is 1. The van der Waals surface area contributed by atoms with Crippen molar-refractivity contribution >= 4 is 17.1 Å². The Morgan fingerprint density at radius 2 is 1.88 bits per heavy atom. The molecule has 17 heavy (non-hydrogen) atoms. The number of hydrogen-bond donors (Lipinski definition) is 0. The van der Waals surface area contributed by atoms with Gasteiger partial charge in [-0.05, 0) is 17.7 Å². The third kappa shape index (κ3) is 2.21. The van der Waals surface area contributed by atoms with Crippen LogP contribution in [0.3, 0.4) is 0 Å². The molecule has 0 amide bonds. The van der Waals surface area contributed by atoms with Gasteiger partial charge < -0.3 is 4.74 Å². The largest absolute Gasteiger partial charge is 0.490 e. The molecule has 0 saturated heterocycles. The van der Waals surface area contributed by atoms with Crippen molar-refractivity contribution in [2.24, 2.45) is 5.11 Å². The first-order valence-corrected chi connectivity index (χ1v) is 4.07. The van der Waals surface area contributed by atoms with Crippen LogP contribution in [0.15, 0.2) is 17.2 Å². The fraction of sp³-hybridized carbons (Fsp3) is 0.143. The van der Waals surface area contributed by atoms with Gasteiger partial charge in [-0.25, -0.2) is 0 Å². The molecule has 0 fully saturated rings. The van der Waals surface area contributed by atoms with E-state index in [1.807, 2.05) is 0 Å². The summed E-state index contributed by atoms with van der Waals surface area (Å²) >= 11 is 0. The van der Waals surface area contributed by atoms with Crippen LogP contribution in [-0.2, 0) is 0 Å². The van der Waals surface area contributed by atoms with Crippen LogP contribution in [0.25, 0.3) is 10.4 Å². The van der Waals surface area contributed by atoms with Gasteiger partial charge in [0, 0.05) is 4.91 Å². The zero-order valence-corrected chi connectivity index (χ0v) is 8.43. The summed E-state index contributed by atoms with van der Waals surface area (Å²) in [7, 11) is 1.14. The van der Waals surface area contributed by atoms with Gasteiger partial charge in [0.1, 0.15) is 5.69 Å². The van der Waals surface area contributed by atoms with Crippen molar-refractivity contribution in [3.05, 3.63) is 42.8 Å². The van der Waals surface area contributed by atoms with E-state index in [1.54, 1.807) is 0 Å². The molecule has 0 atom stereocenters. The van der Waals surface area contributed by atoms with Crippen LogP contribution >= 0.6 is 0 Å². The molecule has 0 aromatic heterocycles. The number of benzene rings is 1. The van der Waals surface area contributed by atoms with Crippen LogP contribution in [0.2, 0.25) is 0 Å². The minimum absolute atomic E-state index is 0.279. The third-order valence-electron chi connectivity index (χ3n) is 1.83. The van der Waals surface area contributed by atoms with Crippen LogP contribution in [0.5, 0.6) is 5.75 Å². The summed E-state index contributed by atoms with van der Waals surface area (Å²) < 4.78 is 4.65. The number of azide groups is 1. The molecule has 0 N–H and O–H groups in total. The maximum atomic E-state index is 10.8. The monoisotopic (exact) mass is 239 g/mol. The van der Waals surface area contributed by atoms with Crippen molar-refractivity contribution in [3.63, 3.8) is 0 Å². The number of rotatable bonds is 4. The molecule has 88 valence electrons. The average molecular weight is 239 g/mol. The second kappa shape index (κ2) is 4.77. The van der Waals surface area contributed by atoms with Crippen molar-refractivity contribution in [3.8, 4) is 5.75 Å². The lowest BCUT2D eigenvalue weighted by molar-refractivity contribution is -0.422. The Bertz CT molecular complexity index is 536. The van der Waals surface area contributed by atoms with Gasteiger partial charge in [-0.3, -0.25) is 20.2 Å². The Morgan fingerprint density at radius 3 is 2.29 bits per heavy atom. The van der Waals surface area contributed by atoms with Crippen molar-refractivity contribution in [2.45, 2.75) is 0 Å². The first-order chi connectivity index (χ1) is 8.02. The average Bonchev–Trinajstić information content (AvgIpc) is 2.28. The number of hydrogen-bond acceptors (Lipinski definition) is 6. The fourth-order valence-corrected chi connectivity index (χ4v) is 1.20. The lowest BCUT2D eigenvalue weighted by atomic mass is 10.2. The predicted molar refractivity (Wildman–Crippen MR) is 55.1 cm³/mol. The van der Waals surface area contributed by atoms with E-state index in [2.05, 4.69) is 14.8 Å². The van der Waals surface area contributed by atoms with Gasteiger partial charge in [-0.2, -0.15) is 0 Å². The van der Waals surface area contributed by atoms with E-state index in [4.69, 9.17) is 5.53 Å². The second-order valence-corrected chi connectivity index (χ2v) is 2.69. The molecule has 0 aliphatic heterocycles. The van der Waals surface area contributed by atoms with E-state index >= 15 is 0 Å². The van der Waals surface area contributed by atoms with E-state index in [0.717, 1.165) is 19.2 Å². The molecule has 0 aliphatic rings. The summed E-state index contributed by atoms with van der Waals surface area (Å²) in [4.78, 5) is 21.9. The number of nitrogens with zero attached hydrogens (tertiary/aromatic N) is 5. The Balaban J connectivity index is 3.70. The van der Waals surface area contributed by atoms with Crippen LogP contribution in [-0.4, -0.2) is 17.0 Å². The van der Waals surface area contributed by atoms with E-state index in [0.29, 0.717) is 0 Å². The van der Waals surface area contributed by atoms with Gasteiger partial charge in [0.05, 0.1) is 17.0 Å². The minimum Gasteiger partial charge on any atom is -0.490 e. The highest BCUT2D eigenvalue weighted by Crippen LogP contribution is 2.43. The minimum atomic E-state index is -0.995. The van der Waals surface area contributed by atoms with Gasteiger partial charge in [0.15, 0.2) is 0 Å². The second-order valence-electron chi connectivity index (χ2n) is 2.69. The summed E-state index contributed by atoms with van der Waals surface area (Å²) in [6.45, 7) is 0. The molecule has 10 heteroatoms. The van der Waals surface area contributed by atoms with Gasteiger partial charge in [-0.15, -0.1) is 0 Å². The maximum Gasteiger partial charge on any atom is 0.387 e. The molecular weight excluding hydrogens is 234 g/mol. The Labute approximate surface area is 93.3 Å². The van der Waals surface area contributed by atoms with Crippen LogP contribution < -0.4 is 4.74 Å². The highest BCUT2D eigenvalue weighted by atomic mass is 16.6. The molecular formula is C7H5N5O5. The molecule has 0 heterocycles. The predicted octanol–water partition coefficient (Wildman–Crippen LogP) is 2.45. The van der Waals surface area contributed by atoms with E-state index < -0.39 is 26.9 Å². The van der Waals surface area contributed by atoms with E-state index in [-0.39, 0.29) is 5.75 Å². The lowest BCUT2D eigenvalue weighted by Crippen LogP contribution is -1.99. The highest BCUT2D eigenvalue weighted by molar-refractivity contribution is 5.74. The van der Waals surface area contributed by atoms with Crippen molar-refractivity contribution in [1.29, 1.82) is 0 Å². The third-order valence-corrected chi connectivity index (χ3v) is 1.83. The molecule has 0 saturated carbocycles. The van der Waals surface area contributed by atoms with Crippen molar-refractivity contribution < 1.29 is 14.6 Å². The normalized spacial score (nSPS) is 9.24. The smallest absolute Gasteiger partial charge is 0.387 e. The van der Waals surface area contributed by atoms with Crippen molar-refractivity contribution in [1.82, 2.24) is 0 Å². The summed E-state index contributed by atoms with van der Waals surface area (Å²) in [6.07, 6.45) is 0. The summed E-state index contributed by atoms with van der Waals surface area (Å²) in [5, 5.41) is 24.5. The van der Waals surface area contributed by atoms with Gasteiger partial charge in [0.2, 0.25) is 5.75 Å². The lowest BCUT2D eigenvalue weighted by Gasteiger charge is -2.03. The summed E-state index contributed by atoms with van der Waals surface area (Å²) in [5.41, 5.74) is 6.04. The molecule has 10 nitrogen and oxygen atoms in total. The van der Waals surface area contributed by atoms with Crippen LogP contribution in [0.1, 0.15) is 0 Å². The standard InChI is InChI=1S/C7H5N5O5/c1-17-5-3-2-4(9-10-8)6(11(13)14)7(5)12(15)16/h2-3H,1H3. The Kier molecular flexibility index (Phi) is 3.42. The molecule has 0 radical (unpaired) electrons. The number of nitro groups is 2. The molecule has 0 unspecified atom stereocenters. The van der Waals surface area contributed by atoms with Gasteiger partial charge in [0.25, 0.3) is 0 Å². The molecule has 1 aromatic rings. The highest BCUT2D eigenvalue weighted by Gasteiger charge is 2.32. The Morgan fingerprint density at radius 1 is 1.29 bits per heavy atom. The van der Waals surface area contributed by atoms with Gasteiger partial charge >= 0.3 is 11.4 Å². The molecule has 0 bridgehead atoms. The number of nitro benzene ring substituents is 2. The fourth-order valence-electron chi connectivity index (χ4n) is 1.20.